The van der Waals surface area contributed by atoms with Crippen molar-refractivity contribution in [1.82, 2.24) is 0 Å². The van der Waals surface area contributed by atoms with Crippen LogP contribution in [0.2, 0.25) is 0 Å². The average Bonchev–Trinajstić information content (AvgIpc) is 2.16. The van der Waals surface area contributed by atoms with E-state index in [1.54, 1.807) is 0 Å². The van der Waals surface area contributed by atoms with Crippen molar-refractivity contribution in [1.29, 1.82) is 5.26 Å². The van der Waals surface area contributed by atoms with Crippen LogP contribution in [0, 0.1) is 21.4 Å². The highest BCUT2D eigenvalue weighted by molar-refractivity contribution is 6.17. The first-order chi connectivity index (χ1) is 6.20. The lowest BCUT2D eigenvalue weighted by molar-refractivity contribution is -0.385. The molecule has 66 valence electrons. The summed E-state index contributed by atoms with van der Waals surface area (Å²) in [5.41, 5.74) is 0.426. The molecule has 0 aliphatic rings. The normalized spacial score (nSPS) is 9.23. The van der Waals surface area contributed by atoms with E-state index >= 15 is 0 Å². The second kappa shape index (κ2) is 3.87. The van der Waals surface area contributed by atoms with Crippen LogP contribution in [0.3, 0.4) is 0 Å². The third-order valence-electron chi connectivity index (χ3n) is 1.60. The summed E-state index contributed by atoms with van der Waals surface area (Å²) in [7, 11) is 0. The summed E-state index contributed by atoms with van der Waals surface area (Å²) in [6, 6.07) is 6.15. The number of nitro benzene ring substituents is 1. The maximum Gasteiger partial charge on any atom is 0.275 e. The van der Waals surface area contributed by atoms with Gasteiger partial charge in [0.25, 0.3) is 5.69 Å². The lowest BCUT2D eigenvalue weighted by atomic mass is 10.1. The Kier molecular flexibility index (Phi) is 2.83. The molecule has 0 N–H and O–H groups in total. The molecule has 0 radical (unpaired) electrons. The fourth-order valence-corrected chi connectivity index (χ4v) is 1.27. The fraction of sp³-hybridized carbons (Fsp3) is 0.125. The standard InChI is InChI=1S/C8H5ClN2O2/c9-4-7-6(5-10)2-1-3-8(7)11(12)13/h1-3H,4H2. The molecule has 0 spiro atoms. The summed E-state index contributed by atoms with van der Waals surface area (Å²) in [4.78, 5) is 9.94. The number of nitriles is 1. The van der Waals surface area contributed by atoms with E-state index in [0.717, 1.165) is 0 Å². The number of rotatable bonds is 2. The second-order valence-electron chi connectivity index (χ2n) is 2.31. The Morgan fingerprint density at radius 2 is 2.31 bits per heavy atom. The Labute approximate surface area is 79.5 Å². The topological polar surface area (TPSA) is 66.9 Å². The third kappa shape index (κ3) is 1.76. The lowest BCUT2D eigenvalue weighted by Gasteiger charge is -1.99. The summed E-state index contributed by atoms with van der Waals surface area (Å²) in [5, 5.41) is 19.1. The van der Waals surface area contributed by atoms with Gasteiger partial charge in [0.1, 0.15) is 0 Å². The Morgan fingerprint density at radius 1 is 1.62 bits per heavy atom. The van der Waals surface area contributed by atoms with Gasteiger partial charge in [0.15, 0.2) is 0 Å². The molecule has 5 heteroatoms. The number of alkyl halides is 1. The molecule has 0 aromatic heterocycles. The van der Waals surface area contributed by atoms with Crippen molar-refractivity contribution in [3.8, 4) is 6.07 Å². The van der Waals surface area contributed by atoms with Crippen molar-refractivity contribution in [2.75, 3.05) is 0 Å². The molecule has 0 saturated heterocycles. The number of benzene rings is 1. The molecular formula is C8H5ClN2O2. The van der Waals surface area contributed by atoms with Gasteiger partial charge in [-0.1, -0.05) is 6.07 Å². The van der Waals surface area contributed by atoms with Crippen LogP contribution in [-0.2, 0) is 5.88 Å². The van der Waals surface area contributed by atoms with Gasteiger partial charge in [-0.25, -0.2) is 0 Å². The minimum Gasteiger partial charge on any atom is -0.258 e. The van der Waals surface area contributed by atoms with E-state index in [0.29, 0.717) is 0 Å². The molecule has 0 amide bonds. The predicted molar refractivity (Wildman–Crippen MR) is 47.4 cm³/mol. The van der Waals surface area contributed by atoms with Gasteiger partial charge in [-0.2, -0.15) is 5.26 Å². The van der Waals surface area contributed by atoms with Crippen molar-refractivity contribution in [2.45, 2.75) is 5.88 Å². The highest BCUT2D eigenvalue weighted by Gasteiger charge is 2.15. The van der Waals surface area contributed by atoms with Gasteiger partial charge >= 0.3 is 0 Å². The minimum absolute atomic E-state index is 0.0277. The number of hydrogen-bond acceptors (Lipinski definition) is 3. The molecule has 0 saturated carbocycles. The van der Waals surface area contributed by atoms with Crippen LogP contribution in [-0.4, -0.2) is 4.92 Å². The largest absolute Gasteiger partial charge is 0.275 e. The minimum atomic E-state index is -0.543. The van der Waals surface area contributed by atoms with Crippen molar-refractivity contribution < 1.29 is 4.92 Å². The number of nitrogens with zero attached hydrogens (tertiary/aromatic N) is 2. The number of hydrogen-bond donors (Lipinski definition) is 0. The SMILES string of the molecule is N#Cc1cccc([N+](=O)[O-])c1CCl. The Hall–Kier alpha value is -1.60. The predicted octanol–water partition coefficient (Wildman–Crippen LogP) is 2.21. The zero-order chi connectivity index (χ0) is 9.84. The van der Waals surface area contributed by atoms with Crippen LogP contribution in [0.1, 0.15) is 11.1 Å². The first-order valence-electron chi connectivity index (χ1n) is 3.43. The monoisotopic (exact) mass is 196 g/mol. The maximum atomic E-state index is 10.5. The average molecular weight is 197 g/mol. The van der Waals surface area contributed by atoms with Crippen LogP contribution in [0.5, 0.6) is 0 Å². The van der Waals surface area contributed by atoms with E-state index in [-0.39, 0.29) is 22.7 Å². The molecule has 0 unspecified atom stereocenters. The van der Waals surface area contributed by atoms with Crippen LogP contribution in [0.15, 0.2) is 18.2 Å². The van der Waals surface area contributed by atoms with Crippen LogP contribution in [0.4, 0.5) is 5.69 Å². The molecule has 0 fully saturated rings. The maximum absolute atomic E-state index is 10.5. The first kappa shape index (κ1) is 9.49. The van der Waals surface area contributed by atoms with Gasteiger partial charge in [-0.05, 0) is 6.07 Å². The summed E-state index contributed by atoms with van der Waals surface area (Å²) >= 11 is 5.50. The van der Waals surface area contributed by atoms with Crippen LogP contribution >= 0.6 is 11.6 Å². The zero-order valence-corrected chi connectivity index (χ0v) is 7.28. The zero-order valence-electron chi connectivity index (χ0n) is 6.53. The molecule has 0 aliphatic carbocycles. The summed E-state index contributed by atoms with van der Waals surface area (Å²) in [6.45, 7) is 0. The second-order valence-corrected chi connectivity index (χ2v) is 2.57. The molecule has 4 nitrogen and oxygen atoms in total. The van der Waals surface area contributed by atoms with Crippen molar-refractivity contribution >= 4 is 17.3 Å². The number of nitro groups is 1. The number of halogens is 1. The molecule has 0 atom stereocenters. The highest BCUT2D eigenvalue weighted by Crippen LogP contribution is 2.23. The van der Waals surface area contributed by atoms with E-state index in [1.165, 1.54) is 18.2 Å². The molecule has 0 aliphatic heterocycles. The van der Waals surface area contributed by atoms with Gasteiger partial charge < -0.3 is 0 Å². The highest BCUT2D eigenvalue weighted by atomic mass is 35.5. The Morgan fingerprint density at radius 3 is 2.77 bits per heavy atom. The molecule has 1 aromatic rings. The van der Waals surface area contributed by atoms with Crippen molar-refractivity contribution in [3.05, 3.63) is 39.4 Å². The van der Waals surface area contributed by atoms with Gasteiger partial charge in [0, 0.05) is 6.07 Å². The van der Waals surface area contributed by atoms with E-state index in [9.17, 15) is 10.1 Å². The summed E-state index contributed by atoms with van der Waals surface area (Å²) in [5.74, 6) is -0.0277. The molecular weight excluding hydrogens is 192 g/mol. The Bertz CT molecular complexity index is 384. The summed E-state index contributed by atoms with van der Waals surface area (Å²) in [6.07, 6.45) is 0. The molecule has 1 aromatic carbocycles. The van der Waals surface area contributed by atoms with Crippen molar-refractivity contribution in [3.63, 3.8) is 0 Å². The van der Waals surface area contributed by atoms with Crippen LogP contribution < -0.4 is 0 Å². The van der Waals surface area contributed by atoms with E-state index in [1.807, 2.05) is 6.07 Å². The van der Waals surface area contributed by atoms with Gasteiger partial charge in [0.05, 0.1) is 28.0 Å². The quantitative estimate of drug-likeness (QED) is 0.414. The first-order valence-corrected chi connectivity index (χ1v) is 3.96. The van der Waals surface area contributed by atoms with Crippen molar-refractivity contribution in [2.24, 2.45) is 0 Å². The van der Waals surface area contributed by atoms with Gasteiger partial charge in [0.2, 0.25) is 0 Å². The van der Waals surface area contributed by atoms with Gasteiger partial charge in [-0.3, -0.25) is 10.1 Å². The molecule has 1 rings (SSSR count). The van der Waals surface area contributed by atoms with Crippen LogP contribution in [0.25, 0.3) is 0 Å². The van der Waals surface area contributed by atoms with Gasteiger partial charge in [-0.15, -0.1) is 11.6 Å². The van der Waals surface area contributed by atoms with E-state index in [2.05, 4.69) is 0 Å². The smallest absolute Gasteiger partial charge is 0.258 e. The molecule has 0 heterocycles. The van der Waals surface area contributed by atoms with E-state index < -0.39 is 4.92 Å². The Balaban J connectivity index is 3.38. The van der Waals surface area contributed by atoms with E-state index in [4.69, 9.17) is 16.9 Å². The third-order valence-corrected chi connectivity index (χ3v) is 1.87. The molecule has 13 heavy (non-hydrogen) atoms. The fourth-order valence-electron chi connectivity index (χ4n) is 0.991. The summed E-state index contributed by atoms with van der Waals surface area (Å²) < 4.78 is 0. The lowest BCUT2D eigenvalue weighted by Crippen LogP contribution is -1.95. The molecule has 0 bridgehead atoms.